The zero-order valence-electron chi connectivity index (χ0n) is 27.6. The van der Waals surface area contributed by atoms with E-state index in [0.29, 0.717) is 48.3 Å². The zero-order valence-corrected chi connectivity index (χ0v) is 27.6. The Balaban J connectivity index is 1.01. The van der Waals surface area contributed by atoms with Crippen molar-refractivity contribution in [2.75, 3.05) is 18.4 Å². The first kappa shape index (κ1) is 33.1. The quantitative estimate of drug-likeness (QED) is 0.142. The molecule has 1 fully saturated rings. The van der Waals surface area contributed by atoms with Gasteiger partial charge in [-0.1, -0.05) is 121 Å². The number of ether oxygens (including phenoxy) is 1. The Morgan fingerprint density at radius 2 is 1.42 bits per heavy atom. The fourth-order valence-corrected chi connectivity index (χ4v) is 6.57. The Labute approximate surface area is 291 Å². The van der Waals surface area contributed by atoms with Crippen molar-refractivity contribution in [3.8, 4) is 11.1 Å². The lowest BCUT2D eigenvalue weighted by Crippen LogP contribution is -2.38. The Morgan fingerprint density at radius 1 is 0.780 bits per heavy atom. The first-order valence-electron chi connectivity index (χ1n) is 17.0. The third-order valence-corrected chi connectivity index (χ3v) is 9.52. The topological polar surface area (TPSA) is 58.6 Å². The third kappa shape index (κ3) is 7.43. The van der Waals surface area contributed by atoms with Crippen molar-refractivity contribution < 1.29 is 23.1 Å². The van der Waals surface area contributed by atoms with E-state index in [-0.39, 0.29) is 24.0 Å². The molecule has 1 unspecified atom stereocenters. The highest BCUT2D eigenvalue weighted by Crippen LogP contribution is 2.49. The second kappa shape index (κ2) is 14.6. The Morgan fingerprint density at radius 3 is 2.08 bits per heavy atom. The summed E-state index contributed by atoms with van der Waals surface area (Å²) < 4.78 is 35.0. The number of alkyl halides is 2. The van der Waals surface area contributed by atoms with Crippen LogP contribution in [0.1, 0.15) is 57.9 Å². The van der Waals surface area contributed by atoms with E-state index in [1.165, 1.54) is 17.7 Å². The van der Waals surface area contributed by atoms with Gasteiger partial charge in [0, 0.05) is 35.8 Å². The van der Waals surface area contributed by atoms with Crippen molar-refractivity contribution in [3.05, 3.63) is 167 Å². The van der Waals surface area contributed by atoms with Gasteiger partial charge in [0.2, 0.25) is 0 Å². The fourth-order valence-electron chi connectivity index (χ4n) is 6.57. The smallest absolute Gasteiger partial charge is 0.328 e. The van der Waals surface area contributed by atoms with E-state index in [2.05, 4.69) is 16.3 Å². The monoisotopic (exact) mass is 668 g/mol. The van der Waals surface area contributed by atoms with E-state index < -0.39 is 17.9 Å². The number of carbonyl (C=O) groups excluding carboxylic acids is 2. The number of hydrogen-bond acceptors (Lipinski definition) is 4. The summed E-state index contributed by atoms with van der Waals surface area (Å²) in [6.45, 7) is 1.49. The van der Waals surface area contributed by atoms with Gasteiger partial charge in [0.05, 0.1) is 0 Å². The average molecular weight is 669 g/mol. The number of carbonyl (C=O) groups is 2. The van der Waals surface area contributed by atoms with Gasteiger partial charge in [0.25, 0.3) is 11.8 Å². The summed E-state index contributed by atoms with van der Waals surface area (Å²) in [4.78, 5) is 29.0. The van der Waals surface area contributed by atoms with Crippen LogP contribution in [0.3, 0.4) is 0 Å². The van der Waals surface area contributed by atoms with Gasteiger partial charge in [-0.3, -0.25) is 9.69 Å². The number of benzene rings is 5. The number of nitrogens with one attached hydrogen (secondary N) is 1. The van der Waals surface area contributed by atoms with Gasteiger partial charge in [-0.2, -0.15) is 0 Å². The molecule has 0 saturated heterocycles. The van der Waals surface area contributed by atoms with Crippen LogP contribution in [-0.2, 0) is 22.1 Å². The summed E-state index contributed by atoms with van der Waals surface area (Å²) in [6, 6.07) is 40.1. The SMILES string of the molecule is O=C(Nc1ccc(C2=CCN(C(C(=O)OCc3ccccc3)c3ccccc3)CC2)cc1)c1ccccc1-c1ccc(C(F)(F)C2CC2)cc1. The summed E-state index contributed by atoms with van der Waals surface area (Å²) in [5.41, 5.74) is 6.58. The average Bonchev–Trinajstić information content (AvgIpc) is 4.03. The van der Waals surface area contributed by atoms with Crippen molar-refractivity contribution in [1.82, 2.24) is 4.90 Å². The van der Waals surface area contributed by atoms with Crippen LogP contribution in [0.15, 0.2) is 140 Å². The Kier molecular flexibility index (Phi) is 9.67. The molecule has 5 aromatic carbocycles. The maximum atomic E-state index is 14.6. The molecular weight excluding hydrogens is 630 g/mol. The van der Waals surface area contributed by atoms with Gasteiger partial charge in [-0.05, 0) is 70.9 Å². The van der Waals surface area contributed by atoms with E-state index in [1.807, 2.05) is 97.1 Å². The van der Waals surface area contributed by atoms with E-state index in [0.717, 1.165) is 23.1 Å². The van der Waals surface area contributed by atoms with Gasteiger partial charge < -0.3 is 10.1 Å². The lowest BCUT2D eigenvalue weighted by atomic mass is 9.95. The molecule has 0 bridgehead atoms. The second-order valence-corrected chi connectivity index (χ2v) is 12.9. The fraction of sp³-hybridized carbons (Fsp3) is 0.209. The van der Waals surface area contributed by atoms with Crippen LogP contribution >= 0.6 is 0 Å². The summed E-state index contributed by atoms with van der Waals surface area (Å²) in [5.74, 6) is -3.95. The summed E-state index contributed by atoms with van der Waals surface area (Å²) >= 11 is 0. The van der Waals surface area contributed by atoms with Crippen molar-refractivity contribution >= 4 is 23.1 Å². The van der Waals surface area contributed by atoms with Crippen LogP contribution in [-0.4, -0.2) is 29.9 Å². The van der Waals surface area contributed by atoms with Gasteiger partial charge in [0.15, 0.2) is 0 Å². The number of esters is 1. The normalized spacial score (nSPS) is 15.5. The number of amides is 1. The van der Waals surface area contributed by atoms with Crippen LogP contribution in [0.4, 0.5) is 14.5 Å². The Hall–Kier alpha value is -5.40. The molecule has 1 aliphatic heterocycles. The van der Waals surface area contributed by atoms with Crippen LogP contribution < -0.4 is 5.32 Å². The first-order valence-corrected chi connectivity index (χ1v) is 17.0. The minimum atomic E-state index is -2.82. The molecule has 0 aromatic heterocycles. The first-order chi connectivity index (χ1) is 24.4. The summed E-state index contributed by atoms with van der Waals surface area (Å²) in [6.07, 6.45) is 4.01. The van der Waals surface area contributed by atoms with Crippen molar-refractivity contribution in [1.29, 1.82) is 0 Å². The van der Waals surface area contributed by atoms with Crippen LogP contribution in [0, 0.1) is 5.92 Å². The minimum Gasteiger partial charge on any atom is -0.459 e. The van der Waals surface area contributed by atoms with Crippen molar-refractivity contribution in [2.45, 2.75) is 37.8 Å². The zero-order chi connectivity index (χ0) is 34.5. The molecule has 1 N–H and O–H groups in total. The molecule has 1 heterocycles. The maximum Gasteiger partial charge on any atom is 0.328 e. The molecule has 252 valence electrons. The third-order valence-electron chi connectivity index (χ3n) is 9.52. The largest absolute Gasteiger partial charge is 0.459 e. The highest BCUT2D eigenvalue weighted by Gasteiger charge is 2.47. The molecule has 50 heavy (non-hydrogen) atoms. The molecule has 1 aliphatic carbocycles. The highest BCUT2D eigenvalue weighted by atomic mass is 19.3. The summed E-state index contributed by atoms with van der Waals surface area (Å²) in [7, 11) is 0. The van der Waals surface area contributed by atoms with E-state index in [4.69, 9.17) is 4.74 Å². The number of halogens is 2. The number of hydrogen-bond donors (Lipinski definition) is 1. The van der Waals surface area contributed by atoms with Crippen molar-refractivity contribution in [3.63, 3.8) is 0 Å². The highest BCUT2D eigenvalue weighted by molar-refractivity contribution is 6.08. The van der Waals surface area contributed by atoms with Gasteiger partial charge in [0.1, 0.15) is 12.6 Å². The molecule has 1 amide bonds. The minimum absolute atomic E-state index is 0.0175. The van der Waals surface area contributed by atoms with Crippen LogP contribution in [0.2, 0.25) is 0 Å². The standard InChI is InChI=1S/C43H38F2N2O3/c44-43(45,36-21-22-36)35-19-15-33(16-20-35)38-13-7-8-14-39(38)41(48)46-37-23-17-31(18-24-37)32-25-27-47(28-26-32)40(34-11-5-2-6-12-34)42(49)50-29-30-9-3-1-4-10-30/h1-20,23-25,36,40H,21-22,26-29H2,(H,46,48). The van der Waals surface area contributed by atoms with E-state index >= 15 is 0 Å². The molecule has 5 aromatic rings. The van der Waals surface area contributed by atoms with Crippen LogP contribution in [0.25, 0.3) is 16.7 Å². The Bertz CT molecular complexity index is 1970. The number of anilines is 1. The molecule has 7 rings (SSSR count). The van der Waals surface area contributed by atoms with E-state index in [9.17, 15) is 18.4 Å². The summed E-state index contributed by atoms with van der Waals surface area (Å²) in [5, 5.41) is 3.00. The molecule has 0 radical (unpaired) electrons. The molecular formula is C43H38F2N2O3. The van der Waals surface area contributed by atoms with Crippen LogP contribution in [0.5, 0.6) is 0 Å². The molecule has 2 aliphatic rings. The maximum absolute atomic E-state index is 14.6. The molecule has 5 nitrogen and oxygen atoms in total. The van der Waals surface area contributed by atoms with Crippen molar-refractivity contribution in [2.24, 2.45) is 5.92 Å². The van der Waals surface area contributed by atoms with Gasteiger partial charge in [-0.15, -0.1) is 0 Å². The lowest BCUT2D eigenvalue weighted by Gasteiger charge is -2.33. The second-order valence-electron chi connectivity index (χ2n) is 12.9. The van der Waals surface area contributed by atoms with Gasteiger partial charge in [-0.25, -0.2) is 13.6 Å². The molecule has 1 saturated carbocycles. The molecule has 0 spiro atoms. The van der Waals surface area contributed by atoms with E-state index in [1.54, 1.807) is 24.3 Å². The van der Waals surface area contributed by atoms with Gasteiger partial charge >= 0.3 is 5.97 Å². The predicted molar refractivity (Wildman–Crippen MR) is 192 cm³/mol. The lowest BCUT2D eigenvalue weighted by molar-refractivity contribution is -0.151. The predicted octanol–water partition coefficient (Wildman–Crippen LogP) is 9.68. The molecule has 1 atom stereocenters. The number of rotatable bonds is 11. The number of nitrogens with zero attached hydrogens (tertiary/aromatic N) is 1. The molecule has 7 heteroatoms.